The predicted octanol–water partition coefficient (Wildman–Crippen LogP) is 5.69. The van der Waals surface area contributed by atoms with E-state index in [4.69, 9.17) is 10.3 Å². The minimum atomic E-state index is -1.10. The van der Waals surface area contributed by atoms with Gasteiger partial charge >= 0.3 is 5.97 Å². The molecule has 3 N–H and O–H groups in total. The zero-order valence-electron chi connectivity index (χ0n) is 21.2. The van der Waals surface area contributed by atoms with Crippen LogP contribution in [0, 0.1) is 6.92 Å². The van der Waals surface area contributed by atoms with Gasteiger partial charge in [-0.25, -0.2) is 0 Å². The Morgan fingerprint density at radius 3 is 1.97 bits per heavy atom. The summed E-state index contributed by atoms with van der Waals surface area (Å²) in [6.07, 6.45) is 0. The van der Waals surface area contributed by atoms with Gasteiger partial charge in [0.25, 0.3) is 11.8 Å². The second-order valence-corrected chi connectivity index (χ2v) is 9.24. The molecule has 0 unspecified atom stereocenters. The molecule has 1 amide bonds. The number of aromatic nitrogens is 2. The molecule has 0 atom stereocenters. The molecule has 8 nitrogen and oxygen atoms in total. The van der Waals surface area contributed by atoms with Crippen LogP contribution in [0.15, 0.2) is 102 Å². The highest BCUT2D eigenvalue weighted by atomic mass is 16.5. The number of nitrogen functional groups attached to an aromatic ring is 1. The maximum Gasteiger partial charge on any atom is 0.323 e. The molecule has 0 fully saturated rings. The van der Waals surface area contributed by atoms with E-state index in [1.54, 1.807) is 24.3 Å². The second-order valence-electron chi connectivity index (χ2n) is 9.24. The van der Waals surface area contributed by atoms with E-state index in [1.165, 1.54) is 10.5 Å². The number of rotatable bonds is 8. The van der Waals surface area contributed by atoms with Crippen molar-refractivity contribution in [1.29, 1.82) is 0 Å². The Morgan fingerprint density at radius 1 is 0.795 bits per heavy atom. The summed E-state index contributed by atoms with van der Waals surface area (Å²) in [5.74, 6) is -0.648. The molecule has 39 heavy (non-hydrogen) atoms. The molecule has 0 saturated carbocycles. The molecule has 1 aromatic heterocycles. The first-order chi connectivity index (χ1) is 18.9. The second kappa shape index (κ2) is 11.0. The molecule has 0 spiro atoms. The van der Waals surface area contributed by atoms with Crippen molar-refractivity contribution in [2.45, 2.75) is 13.5 Å². The number of hydrogen-bond acceptors (Lipinski definition) is 6. The molecule has 0 bridgehead atoms. The highest BCUT2D eigenvalue weighted by Gasteiger charge is 2.19. The van der Waals surface area contributed by atoms with Gasteiger partial charge in [-0.3, -0.25) is 9.59 Å². The van der Waals surface area contributed by atoms with E-state index in [2.05, 4.69) is 41.3 Å². The summed E-state index contributed by atoms with van der Waals surface area (Å²) in [6.45, 7) is 1.76. The monoisotopic (exact) mass is 518 g/mol. The Labute approximate surface area is 225 Å². The lowest BCUT2D eigenvalue weighted by molar-refractivity contribution is -0.137. The highest BCUT2D eigenvalue weighted by Crippen LogP contribution is 2.26. The SMILES string of the molecule is Cc1ccc(-c2ccc(-c3nc(-c4ccc(CN(CC(=O)O)C(=O)c5ccc(N)cc5)cc4)no3)cc2)cc1. The van der Waals surface area contributed by atoms with Gasteiger partial charge in [0.2, 0.25) is 5.82 Å². The summed E-state index contributed by atoms with van der Waals surface area (Å²) in [7, 11) is 0. The standard InChI is InChI=1S/C31H26N4O4/c1-20-2-6-22(7-3-20)23-10-12-25(13-11-23)30-33-29(34-39-30)24-8-4-21(5-9-24)18-35(19-28(36)37)31(38)26-14-16-27(32)17-15-26/h2-17H,18-19,32H2,1H3,(H,36,37). The maximum absolute atomic E-state index is 12.9. The fourth-order valence-electron chi connectivity index (χ4n) is 4.16. The first-order valence-corrected chi connectivity index (χ1v) is 12.3. The average molecular weight is 519 g/mol. The van der Waals surface area contributed by atoms with Crippen molar-refractivity contribution in [2.24, 2.45) is 0 Å². The average Bonchev–Trinajstić information content (AvgIpc) is 3.44. The number of anilines is 1. The van der Waals surface area contributed by atoms with Crippen molar-refractivity contribution in [3.8, 4) is 34.0 Å². The van der Waals surface area contributed by atoms with E-state index in [1.807, 2.05) is 48.5 Å². The van der Waals surface area contributed by atoms with Gasteiger partial charge in [-0.05, 0) is 60.0 Å². The molecule has 5 rings (SSSR count). The molecule has 0 aliphatic rings. The van der Waals surface area contributed by atoms with Crippen LogP contribution >= 0.6 is 0 Å². The summed E-state index contributed by atoms with van der Waals surface area (Å²) in [4.78, 5) is 30.1. The van der Waals surface area contributed by atoms with Crippen LogP contribution in [0.4, 0.5) is 5.69 Å². The summed E-state index contributed by atoms with van der Waals surface area (Å²) >= 11 is 0. The molecule has 4 aromatic carbocycles. The van der Waals surface area contributed by atoms with E-state index in [-0.39, 0.29) is 6.54 Å². The molecule has 0 saturated heterocycles. The molecule has 0 aliphatic carbocycles. The van der Waals surface area contributed by atoms with Crippen LogP contribution in [0.25, 0.3) is 34.0 Å². The van der Waals surface area contributed by atoms with E-state index in [0.717, 1.165) is 27.8 Å². The number of aryl methyl sites for hydroxylation is 1. The van der Waals surface area contributed by atoms with Gasteiger partial charge in [0.1, 0.15) is 6.54 Å². The number of nitrogens with zero attached hydrogens (tertiary/aromatic N) is 3. The zero-order chi connectivity index (χ0) is 27.4. The van der Waals surface area contributed by atoms with Gasteiger partial charge in [-0.1, -0.05) is 71.4 Å². The molecular formula is C31H26N4O4. The van der Waals surface area contributed by atoms with Crippen molar-refractivity contribution >= 4 is 17.6 Å². The molecule has 194 valence electrons. The topological polar surface area (TPSA) is 123 Å². The Morgan fingerprint density at radius 2 is 1.36 bits per heavy atom. The van der Waals surface area contributed by atoms with E-state index < -0.39 is 18.4 Å². The van der Waals surface area contributed by atoms with Gasteiger partial charge in [-0.2, -0.15) is 4.98 Å². The van der Waals surface area contributed by atoms with Crippen molar-refractivity contribution in [3.63, 3.8) is 0 Å². The third kappa shape index (κ3) is 6.02. The number of nitrogens with two attached hydrogens (primary N) is 1. The fraction of sp³-hybridized carbons (Fsp3) is 0.0968. The zero-order valence-corrected chi connectivity index (χ0v) is 21.2. The van der Waals surface area contributed by atoms with E-state index >= 15 is 0 Å². The Bertz CT molecular complexity index is 1590. The van der Waals surface area contributed by atoms with Gasteiger partial charge in [0.15, 0.2) is 0 Å². The Kier molecular flexibility index (Phi) is 7.18. The normalized spacial score (nSPS) is 10.8. The highest BCUT2D eigenvalue weighted by molar-refractivity contribution is 5.96. The number of benzene rings is 4. The fourth-order valence-corrected chi connectivity index (χ4v) is 4.16. The molecule has 0 aliphatic heterocycles. The molecule has 5 aromatic rings. The third-order valence-corrected chi connectivity index (χ3v) is 6.30. The number of aliphatic carboxylic acids is 1. The number of carbonyl (C=O) groups is 2. The summed E-state index contributed by atoms with van der Waals surface area (Å²) in [5.41, 5.74) is 12.4. The van der Waals surface area contributed by atoms with Crippen molar-refractivity contribution < 1.29 is 19.2 Å². The minimum Gasteiger partial charge on any atom is -0.480 e. The van der Waals surface area contributed by atoms with Crippen molar-refractivity contribution in [1.82, 2.24) is 15.0 Å². The number of carbonyl (C=O) groups excluding carboxylic acids is 1. The maximum atomic E-state index is 12.9. The van der Waals surface area contributed by atoms with Crippen LogP contribution in [0.3, 0.4) is 0 Å². The summed E-state index contributed by atoms with van der Waals surface area (Å²) in [6, 6.07) is 29.9. The minimum absolute atomic E-state index is 0.126. The molecule has 8 heteroatoms. The number of hydrogen-bond donors (Lipinski definition) is 2. The Balaban J connectivity index is 1.29. The van der Waals surface area contributed by atoms with Gasteiger partial charge in [-0.15, -0.1) is 0 Å². The van der Waals surface area contributed by atoms with Gasteiger partial charge in [0.05, 0.1) is 0 Å². The van der Waals surface area contributed by atoms with Crippen LogP contribution in [-0.2, 0) is 11.3 Å². The first kappa shape index (κ1) is 25.4. The van der Waals surface area contributed by atoms with Gasteiger partial charge < -0.3 is 20.3 Å². The first-order valence-electron chi connectivity index (χ1n) is 12.3. The van der Waals surface area contributed by atoms with E-state index in [9.17, 15) is 14.7 Å². The van der Waals surface area contributed by atoms with Crippen LogP contribution < -0.4 is 5.73 Å². The van der Waals surface area contributed by atoms with Crippen molar-refractivity contribution in [3.05, 3.63) is 114 Å². The van der Waals surface area contributed by atoms with Crippen LogP contribution in [0.2, 0.25) is 0 Å². The lowest BCUT2D eigenvalue weighted by Crippen LogP contribution is -2.35. The van der Waals surface area contributed by atoms with Crippen LogP contribution in [0.1, 0.15) is 21.5 Å². The number of carboxylic acids is 1. The lowest BCUT2D eigenvalue weighted by Gasteiger charge is -2.21. The summed E-state index contributed by atoms with van der Waals surface area (Å²) < 4.78 is 5.51. The lowest BCUT2D eigenvalue weighted by atomic mass is 10.0. The van der Waals surface area contributed by atoms with E-state index in [0.29, 0.717) is 23.0 Å². The van der Waals surface area contributed by atoms with Crippen LogP contribution in [-0.4, -0.2) is 38.6 Å². The number of amides is 1. The molecule has 0 radical (unpaired) electrons. The Hall–Kier alpha value is -5.24. The predicted molar refractivity (Wildman–Crippen MR) is 149 cm³/mol. The smallest absolute Gasteiger partial charge is 0.323 e. The largest absolute Gasteiger partial charge is 0.480 e. The number of carboxylic acid groups (broad SMARTS) is 1. The third-order valence-electron chi connectivity index (χ3n) is 6.30. The van der Waals surface area contributed by atoms with Gasteiger partial charge in [0, 0.05) is 28.9 Å². The quantitative estimate of drug-likeness (QED) is 0.253. The van der Waals surface area contributed by atoms with Crippen molar-refractivity contribution in [2.75, 3.05) is 12.3 Å². The molecule has 1 heterocycles. The van der Waals surface area contributed by atoms with Crippen LogP contribution in [0.5, 0.6) is 0 Å². The summed E-state index contributed by atoms with van der Waals surface area (Å²) in [5, 5.41) is 13.5. The molecular weight excluding hydrogens is 492 g/mol.